The molecule has 2 aliphatic rings. The van der Waals surface area contributed by atoms with Crippen molar-refractivity contribution < 1.29 is 19.1 Å². The van der Waals surface area contributed by atoms with Crippen molar-refractivity contribution in [1.29, 1.82) is 0 Å². The van der Waals surface area contributed by atoms with Crippen molar-refractivity contribution in [1.82, 2.24) is 4.90 Å². The first kappa shape index (κ1) is 17.0. The lowest BCUT2D eigenvalue weighted by atomic mass is 9.84. The molecule has 0 radical (unpaired) electrons. The summed E-state index contributed by atoms with van der Waals surface area (Å²) < 4.78 is 10.5. The van der Waals surface area contributed by atoms with Gasteiger partial charge in [0.15, 0.2) is 0 Å². The van der Waals surface area contributed by atoms with Crippen LogP contribution in [0.25, 0.3) is 0 Å². The second kappa shape index (κ2) is 7.77. The highest BCUT2D eigenvalue weighted by Gasteiger charge is 2.48. The molecule has 1 saturated heterocycles. The van der Waals surface area contributed by atoms with E-state index in [0.29, 0.717) is 18.9 Å². The number of hydrogen-bond acceptors (Lipinski definition) is 4. The Morgan fingerprint density at radius 2 is 2.09 bits per heavy atom. The van der Waals surface area contributed by atoms with Gasteiger partial charge in [-0.05, 0) is 38.5 Å². The van der Waals surface area contributed by atoms with Gasteiger partial charge in [-0.2, -0.15) is 0 Å². The molecule has 0 aromatic rings. The largest absolute Gasteiger partial charge is 0.467 e. The maximum Gasteiger partial charge on any atom is 0.328 e. The highest BCUT2D eigenvalue weighted by atomic mass is 16.5. The van der Waals surface area contributed by atoms with Gasteiger partial charge in [0.1, 0.15) is 12.1 Å². The van der Waals surface area contributed by atoms with Crippen LogP contribution >= 0.6 is 0 Å². The number of ether oxygens (including phenoxy) is 2. The minimum atomic E-state index is -0.534. The fourth-order valence-corrected chi connectivity index (χ4v) is 3.73. The SMILES string of the molecule is C=CCCOC(C)C(=O)N1[C@H](C(=O)OC)C[C@@H]2CCCC[C@@H]21. The van der Waals surface area contributed by atoms with E-state index in [-0.39, 0.29) is 17.9 Å². The molecule has 5 heteroatoms. The van der Waals surface area contributed by atoms with Crippen LogP contribution in [0, 0.1) is 5.92 Å². The number of nitrogens with zero attached hydrogens (tertiary/aromatic N) is 1. The average Bonchev–Trinajstić information content (AvgIpc) is 2.92. The van der Waals surface area contributed by atoms with E-state index in [2.05, 4.69) is 6.58 Å². The molecule has 1 amide bonds. The van der Waals surface area contributed by atoms with E-state index >= 15 is 0 Å². The second-order valence-electron chi connectivity index (χ2n) is 6.22. The molecule has 1 unspecified atom stereocenters. The molecule has 0 aromatic carbocycles. The number of fused-ring (bicyclic) bond motifs is 1. The summed E-state index contributed by atoms with van der Waals surface area (Å²) in [5.74, 6) is 0.0251. The number of amides is 1. The van der Waals surface area contributed by atoms with Crippen LogP contribution in [-0.2, 0) is 19.1 Å². The van der Waals surface area contributed by atoms with E-state index in [0.717, 1.165) is 25.7 Å². The van der Waals surface area contributed by atoms with Crippen molar-refractivity contribution in [3.8, 4) is 0 Å². The third-order valence-corrected chi connectivity index (χ3v) is 4.85. The van der Waals surface area contributed by atoms with E-state index in [1.807, 2.05) is 0 Å². The van der Waals surface area contributed by atoms with Gasteiger partial charge in [0.2, 0.25) is 0 Å². The van der Waals surface area contributed by atoms with Crippen molar-refractivity contribution in [2.45, 2.75) is 63.6 Å². The smallest absolute Gasteiger partial charge is 0.328 e. The molecule has 4 atom stereocenters. The fourth-order valence-electron chi connectivity index (χ4n) is 3.73. The van der Waals surface area contributed by atoms with E-state index in [1.54, 1.807) is 17.9 Å². The van der Waals surface area contributed by atoms with Crippen LogP contribution in [0.15, 0.2) is 12.7 Å². The van der Waals surface area contributed by atoms with Gasteiger partial charge >= 0.3 is 5.97 Å². The molecule has 0 spiro atoms. The van der Waals surface area contributed by atoms with Crippen LogP contribution in [0.5, 0.6) is 0 Å². The molecule has 5 nitrogen and oxygen atoms in total. The molecule has 1 saturated carbocycles. The molecule has 2 rings (SSSR count). The van der Waals surface area contributed by atoms with Gasteiger partial charge in [-0.25, -0.2) is 4.79 Å². The van der Waals surface area contributed by atoms with Gasteiger partial charge in [-0.1, -0.05) is 18.9 Å². The Morgan fingerprint density at radius 3 is 2.77 bits per heavy atom. The number of methoxy groups -OCH3 is 1. The summed E-state index contributed by atoms with van der Waals surface area (Å²) in [7, 11) is 1.39. The van der Waals surface area contributed by atoms with E-state index in [9.17, 15) is 9.59 Å². The van der Waals surface area contributed by atoms with Crippen molar-refractivity contribution in [3.63, 3.8) is 0 Å². The first-order chi connectivity index (χ1) is 10.6. The molecule has 0 N–H and O–H groups in total. The zero-order valence-electron chi connectivity index (χ0n) is 13.6. The predicted molar refractivity (Wildman–Crippen MR) is 83.2 cm³/mol. The molecule has 1 aliphatic heterocycles. The van der Waals surface area contributed by atoms with Crippen LogP contribution in [0.1, 0.15) is 45.4 Å². The fraction of sp³-hybridized carbons (Fsp3) is 0.765. The maximum absolute atomic E-state index is 12.8. The first-order valence-corrected chi connectivity index (χ1v) is 8.22. The van der Waals surface area contributed by atoms with Gasteiger partial charge in [0, 0.05) is 6.04 Å². The van der Waals surface area contributed by atoms with Crippen LogP contribution < -0.4 is 0 Å². The Labute approximate surface area is 132 Å². The summed E-state index contributed by atoms with van der Waals surface area (Å²) in [5.41, 5.74) is 0. The minimum Gasteiger partial charge on any atom is -0.467 e. The summed E-state index contributed by atoms with van der Waals surface area (Å²) in [6, 6.07) is -0.285. The van der Waals surface area contributed by atoms with Crippen LogP contribution in [0.3, 0.4) is 0 Å². The molecule has 22 heavy (non-hydrogen) atoms. The number of rotatable bonds is 6. The Kier molecular flexibility index (Phi) is 6.00. The number of carbonyl (C=O) groups excluding carboxylic acids is 2. The van der Waals surface area contributed by atoms with E-state index in [4.69, 9.17) is 9.47 Å². The minimum absolute atomic E-state index is 0.0890. The van der Waals surface area contributed by atoms with Gasteiger partial charge in [-0.15, -0.1) is 6.58 Å². The summed E-state index contributed by atoms with van der Waals surface area (Å²) in [6.45, 7) is 5.88. The summed E-state index contributed by atoms with van der Waals surface area (Å²) >= 11 is 0. The van der Waals surface area contributed by atoms with Crippen molar-refractivity contribution >= 4 is 11.9 Å². The molecule has 1 heterocycles. The molecule has 0 bridgehead atoms. The number of esters is 1. The van der Waals surface area contributed by atoms with Crippen molar-refractivity contribution in [2.24, 2.45) is 5.92 Å². The van der Waals surface area contributed by atoms with E-state index < -0.39 is 12.1 Å². The van der Waals surface area contributed by atoms with Crippen LogP contribution in [0.2, 0.25) is 0 Å². The number of likely N-dealkylation sites (tertiary alicyclic amines) is 1. The highest BCUT2D eigenvalue weighted by Crippen LogP contribution is 2.40. The van der Waals surface area contributed by atoms with Crippen molar-refractivity contribution in [3.05, 3.63) is 12.7 Å². The third-order valence-electron chi connectivity index (χ3n) is 4.85. The Bertz CT molecular complexity index is 423. The third kappa shape index (κ3) is 3.51. The van der Waals surface area contributed by atoms with Gasteiger partial charge in [0.05, 0.1) is 13.7 Å². The molecule has 124 valence electrons. The lowest BCUT2D eigenvalue weighted by molar-refractivity contribution is -0.157. The second-order valence-corrected chi connectivity index (χ2v) is 6.22. The van der Waals surface area contributed by atoms with E-state index in [1.165, 1.54) is 13.5 Å². The number of hydrogen-bond donors (Lipinski definition) is 0. The summed E-state index contributed by atoms with van der Waals surface area (Å²) in [4.78, 5) is 26.6. The molecular formula is C17H27NO4. The normalized spacial score (nSPS) is 28.8. The standard InChI is InChI=1S/C17H27NO4/c1-4-5-10-22-12(2)16(19)18-14-9-7-6-8-13(14)11-15(18)17(20)21-3/h4,12-15H,1,5-11H2,2-3H3/t12?,13-,14-,15-/m0/s1. The maximum atomic E-state index is 12.8. The van der Waals surface area contributed by atoms with Gasteiger partial charge in [-0.3, -0.25) is 4.79 Å². The monoisotopic (exact) mass is 309 g/mol. The summed E-state index contributed by atoms with van der Waals surface area (Å²) in [5, 5.41) is 0. The molecule has 0 aromatic heterocycles. The van der Waals surface area contributed by atoms with Crippen LogP contribution in [0.4, 0.5) is 0 Å². The number of carbonyl (C=O) groups is 2. The lowest BCUT2D eigenvalue weighted by Gasteiger charge is -2.34. The van der Waals surface area contributed by atoms with Crippen molar-refractivity contribution in [2.75, 3.05) is 13.7 Å². The first-order valence-electron chi connectivity index (χ1n) is 8.22. The Balaban J connectivity index is 2.10. The molecular weight excluding hydrogens is 282 g/mol. The van der Waals surface area contributed by atoms with Gasteiger partial charge < -0.3 is 14.4 Å². The lowest BCUT2D eigenvalue weighted by Crippen LogP contribution is -2.50. The Hall–Kier alpha value is -1.36. The van der Waals surface area contributed by atoms with Crippen LogP contribution in [-0.4, -0.2) is 48.7 Å². The quantitative estimate of drug-likeness (QED) is 0.429. The topological polar surface area (TPSA) is 55.8 Å². The van der Waals surface area contributed by atoms with Gasteiger partial charge in [0.25, 0.3) is 5.91 Å². The summed E-state index contributed by atoms with van der Waals surface area (Å²) in [6.07, 6.45) is 7.03. The highest BCUT2D eigenvalue weighted by molar-refractivity contribution is 5.88. The molecule has 2 fully saturated rings. The predicted octanol–water partition coefficient (Wildman–Crippen LogP) is 2.30. The Morgan fingerprint density at radius 1 is 1.36 bits per heavy atom. The zero-order chi connectivity index (χ0) is 16.1. The molecule has 1 aliphatic carbocycles. The average molecular weight is 309 g/mol. The zero-order valence-corrected chi connectivity index (χ0v) is 13.6.